The summed E-state index contributed by atoms with van der Waals surface area (Å²) in [7, 11) is 0. The Kier molecular flexibility index (Phi) is 4.10. The molecule has 0 amide bonds. The van der Waals surface area contributed by atoms with E-state index in [-0.39, 0.29) is 0 Å². The number of piperidine rings is 1. The second kappa shape index (κ2) is 5.40. The molecule has 1 aliphatic rings. The molecule has 1 N–H and O–H groups in total. The fourth-order valence-corrected chi connectivity index (χ4v) is 2.91. The summed E-state index contributed by atoms with van der Waals surface area (Å²) in [6.45, 7) is 6.56. The fourth-order valence-electron chi connectivity index (χ4n) is 2.50. The van der Waals surface area contributed by atoms with Crippen LogP contribution in [-0.4, -0.2) is 22.6 Å². The van der Waals surface area contributed by atoms with Gasteiger partial charge in [0.25, 0.3) is 0 Å². The maximum absolute atomic E-state index is 9.87. The lowest BCUT2D eigenvalue weighted by molar-refractivity contribution is 0.116. The third-order valence-electron chi connectivity index (χ3n) is 3.66. The van der Waals surface area contributed by atoms with Gasteiger partial charge in [-0.3, -0.25) is 4.90 Å². The predicted molar refractivity (Wildman–Crippen MR) is 74.1 cm³/mol. The standard InChI is InChI=1S/C14H20BrNO/c1-10-3-4-11(2)16(8-10)9-12-7-13(15)5-6-14(12)17/h5-7,10-11,17H,3-4,8-9H2,1-2H3. The normalized spacial score (nSPS) is 26.1. The zero-order valence-electron chi connectivity index (χ0n) is 10.5. The molecule has 2 nitrogen and oxygen atoms in total. The summed E-state index contributed by atoms with van der Waals surface area (Å²) < 4.78 is 1.03. The van der Waals surface area contributed by atoms with Crippen LogP contribution >= 0.6 is 15.9 Å². The van der Waals surface area contributed by atoms with E-state index >= 15 is 0 Å². The summed E-state index contributed by atoms with van der Waals surface area (Å²) in [5.41, 5.74) is 1.01. The average Bonchev–Trinajstić information content (AvgIpc) is 2.28. The highest BCUT2D eigenvalue weighted by Crippen LogP contribution is 2.27. The Morgan fingerprint density at radius 3 is 2.88 bits per heavy atom. The van der Waals surface area contributed by atoms with Crippen molar-refractivity contribution in [3.8, 4) is 5.75 Å². The first-order valence-electron chi connectivity index (χ1n) is 6.27. The molecule has 1 heterocycles. The van der Waals surface area contributed by atoms with E-state index in [9.17, 15) is 5.11 Å². The van der Waals surface area contributed by atoms with Gasteiger partial charge in [-0.2, -0.15) is 0 Å². The zero-order chi connectivity index (χ0) is 12.4. The molecule has 1 aliphatic heterocycles. The molecule has 17 heavy (non-hydrogen) atoms. The molecular weight excluding hydrogens is 278 g/mol. The molecule has 1 saturated heterocycles. The molecule has 3 heteroatoms. The molecule has 1 fully saturated rings. The summed E-state index contributed by atoms with van der Waals surface area (Å²) in [6.07, 6.45) is 2.58. The molecule has 2 rings (SSSR count). The van der Waals surface area contributed by atoms with Crippen LogP contribution in [0.15, 0.2) is 22.7 Å². The molecular formula is C14H20BrNO. The van der Waals surface area contributed by atoms with E-state index in [4.69, 9.17) is 0 Å². The lowest BCUT2D eigenvalue weighted by atomic mass is 9.94. The van der Waals surface area contributed by atoms with Crippen LogP contribution in [0.2, 0.25) is 0 Å². The minimum Gasteiger partial charge on any atom is -0.508 e. The highest BCUT2D eigenvalue weighted by atomic mass is 79.9. The molecule has 1 aromatic rings. The summed E-state index contributed by atoms with van der Waals surface area (Å²) in [4.78, 5) is 2.47. The number of likely N-dealkylation sites (tertiary alicyclic amines) is 1. The van der Waals surface area contributed by atoms with Gasteiger partial charge in [-0.15, -0.1) is 0 Å². The van der Waals surface area contributed by atoms with Gasteiger partial charge >= 0.3 is 0 Å². The largest absolute Gasteiger partial charge is 0.508 e. The third-order valence-corrected chi connectivity index (χ3v) is 4.15. The van der Waals surface area contributed by atoms with Gasteiger partial charge in [0.15, 0.2) is 0 Å². The summed E-state index contributed by atoms with van der Waals surface area (Å²) in [5.74, 6) is 1.17. The van der Waals surface area contributed by atoms with Gasteiger partial charge in [0.2, 0.25) is 0 Å². The maximum atomic E-state index is 9.87. The predicted octanol–water partition coefficient (Wildman–Crippen LogP) is 3.78. The van der Waals surface area contributed by atoms with Crippen LogP contribution < -0.4 is 0 Å². The first kappa shape index (κ1) is 12.9. The number of rotatable bonds is 2. The summed E-state index contributed by atoms with van der Waals surface area (Å²) >= 11 is 3.46. The van der Waals surface area contributed by atoms with Crippen molar-refractivity contribution >= 4 is 15.9 Å². The third kappa shape index (κ3) is 3.23. The highest BCUT2D eigenvalue weighted by molar-refractivity contribution is 9.10. The number of aromatic hydroxyl groups is 1. The van der Waals surface area contributed by atoms with Gasteiger partial charge in [-0.1, -0.05) is 22.9 Å². The first-order chi connectivity index (χ1) is 8.06. The van der Waals surface area contributed by atoms with Gasteiger partial charge in [0.05, 0.1) is 0 Å². The Balaban J connectivity index is 2.11. The Morgan fingerprint density at radius 1 is 1.35 bits per heavy atom. The molecule has 2 unspecified atom stereocenters. The highest BCUT2D eigenvalue weighted by Gasteiger charge is 2.23. The molecule has 0 aromatic heterocycles. The Labute approximate surface area is 112 Å². The quantitative estimate of drug-likeness (QED) is 0.898. The van der Waals surface area contributed by atoms with Crippen molar-refractivity contribution in [1.29, 1.82) is 0 Å². The van der Waals surface area contributed by atoms with E-state index < -0.39 is 0 Å². The number of hydrogen-bond acceptors (Lipinski definition) is 2. The van der Waals surface area contributed by atoms with Crippen molar-refractivity contribution < 1.29 is 5.11 Å². The molecule has 2 atom stereocenters. The molecule has 1 aromatic carbocycles. The van der Waals surface area contributed by atoms with E-state index in [1.807, 2.05) is 12.1 Å². The van der Waals surface area contributed by atoms with Crippen LogP contribution in [0.25, 0.3) is 0 Å². The minimum atomic E-state index is 0.402. The fraction of sp³-hybridized carbons (Fsp3) is 0.571. The summed E-state index contributed by atoms with van der Waals surface area (Å²) in [6, 6.07) is 6.27. The lowest BCUT2D eigenvalue weighted by Crippen LogP contribution is -2.40. The van der Waals surface area contributed by atoms with Crippen LogP contribution in [0.5, 0.6) is 5.75 Å². The maximum Gasteiger partial charge on any atom is 0.120 e. The number of halogens is 1. The van der Waals surface area contributed by atoms with E-state index in [0.717, 1.165) is 29.0 Å². The SMILES string of the molecule is CC1CCC(C)N(Cc2cc(Br)ccc2O)C1. The topological polar surface area (TPSA) is 23.5 Å². The second-order valence-corrected chi connectivity index (χ2v) is 6.15. The number of nitrogens with zero attached hydrogens (tertiary/aromatic N) is 1. The van der Waals surface area contributed by atoms with Crippen molar-refractivity contribution in [2.24, 2.45) is 5.92 Å². The molecule has 0 spiro atoms. The van der Waals surface area contributed by atoms with Crippen molar-refractivity contribution in [3.63, 3.8) is 0 Å². The summed E-state index contributed by atoms with van der Waals surface area (Å²) in [5, 5.41) is 9.87. The van der Waals surface area contributed by atoms with Crippen molar-refractivity contribution in [2.75, 3.05) is 6.54 Å². The minimum absolute atomic E-state index is 0.402. The van der Waals surface area contributed by atoms with Crippen LogP contribution in [0.3, 0.4) is 0 Å². The molecule has 0 bridgehead atoms. The van der Waals surface area contributed by atoms with Crippen molar-refractivity contribution in [2.45, 2.75) is 39.3 Å². The van der Waals surface area contributed by atoms with E-state index in [2.05, 4.69) is 34.7 Å². The molecule has 0 radical (unpaired) electrons. The van der Waals surface area contributed by atoms with Gasteiger partial charge in [0, 0.05) is 29.2 Å². The number of phenols is 1. The van der Waals surface area contributed by atoms with E-state index in [0.29, 0.717) is 11.8 Å². The van der Waals surface area contributed by atoms with Crippen LogP contribution in [0.4, 0.5) is 0 Å². The second-order valence-electron chi connectivity index (χ2n) is 5.23. The Bertz CT molecular complexity index is 394. The van der Waals surface area contributed by atoms with Crippen molar-refractivity contribution in [3.05, 3.63) is 28.2 Å². The zero-order valence-corrected chi connectivity index (χ0v) is 12.1. The molecule has 0 aliphatic carbocycles. The van der Waals surface area contributed by atoms with Gasteiger partial charge in [-0.05, 0) is 43.9 Å². The first-order valence-corrected chi connectivity index (χ1v) is 7.07. The Morgan fingerprint density at radius 2 is 2.12 bits per heavy atom. The number of benzene rings is 1. The van der Waals surface area contributed by atoms with E-state index in [1.54, 1.807) is 6.07 Å². The Hall–Kier alpha value is -0.540. The van der Waals surface area contributed by atoms with Crippen molar-refractivity contribution in [1.82, 2.24) is 4.90 Å². The van der Waals surface area contributed by atoms with E-state index in [1.165, 1.54) is 12.8 Å². The van der Waals surface area contributed by atoms with Gasteiger partial charge in [0.1, 0.15) is 5.75 Å². The van der Waals surface area contributed by atoms with Gasteiger partial charge in [-0.25, -0.2) is 0 Å². The van der Waals surface area contributed by atoms with Crippen LogP contribution in [0.1, 0.15) is 32.3 Å². The smallest absolute Gasteiger partial charge is 0.120 e. The molecule has 94 valence electrons. The molecule has 0 saturated carbocycles. The average molecular weight is 298 g/mol. The van der Waals surface area contributed by atoms with Crippen LogP contribution in [-0.2, 0) is 6.54 Å². The van der Waals surface area contributed by atoms with Gasteiger partial charge < -0.3 is 5.11 Å². The monoisotopic (exact) mass is 297 g/mol. The van der Waals surface area contributed by atoms with Crippen LogP contribution in [0, 0.1) is 5.92 Å². The number of hydrogen-bond donors (Lipinski definition) is 1. The number of phenolic OH excluding ortho intramolecular Hbond substituents is 1. The lowest BCUT2D eigenvalue weighted by Gasteiger charge is -2.36.